The largest absolute Gasteiger partial charge is 0.392 e. The van der Waals surface area contributed by atoms with Crippen molar-refractivity contribution in [1.82, 2.24) is 15.5 Å². The number of nitrogens with zero attached hydrogens (tertiary/aromatic N) is 1. The summed E-state index contributed by atoms with van der Waals surface area (Å²) in [6, 6.07) is 35.8. The van der Waals surface area contributed by atoms with Gasteiger partial charge in [0.2, 0.25) is 0 Å². The molecule has 3 N–H and O–H groups in total. The van der Waals surface area contributed by atoms with Gasteiger partial charge in [0.1, 0.15) is 0 Å². The summed E-state index contributed by atoms with van der Waals surface area (Å²) in [7, 11) is 2.17. The van der Waals surface area contributed by atoms with Crippen molar-refractivity contribution in [2.45, 2.75) is 95.6 Å². The number of hydrogen-bond donors (Lipinski definition) is 3. The zero-order valence-corrected chi connectivity index (χ0v) is 31.4. The van der Waals surface area contributed by atoms with E-state index in [4.69, 9.17) is 9.47 Å². The molecule has 0 spiro atoms. The Balaban J connectivity index is 0.976. The van der Waals surface area contributed by atoms with Crippen LogP contribution in [0, 0.1) is 23.7 Å². The van der Waals surface area contributed by atoms with Gasteiger partial charge in [-0.15, -0.1) is 0 Å². The molecule has 5 aliphatic rings. The van der Waals surface area contributed by atoms with Crippen molar-refractivity contribution in [3.63, 3.8) is 0 Å². The topological polar surface area (TPSA) is 83.1 Å². The molecule has 4 saturated carbocycles. The van der Waals surface area contributed by atoms with Crippen molar-refractivity contribution in [3.8, 4) is 11.1 Å². The van der Waals surface area contributed by atoms with E-state index in [9.17, 15) is 9.90 Å². The average molecular weight is 714 g/mol. The van der Waals surface area contributed by atoms with E-state index in [0.29, 0.717) is 6.54 Å². The van der Waals surface area contributed by atoms with Gasteiger partial charge in [-0.2, -0.15) is 0 Å². The Bertz CT molecular complexity index is 1830. The number of hydrogen-bond acceptors (Lipinski definition) is 5. The number of benzene rings is 4. The minimum Gasteiger partial charge on any atom is -0.392 e. The number of carbonyl (C=O) groups is 1. The summed E-state index contributed by atoms with van der Waals surface area (Å²) >= 11 is 0. The van der Waals surface area contributed by atoms with Gasteiger partial charge < -0.3 is 25.2 Å². The number of urea groups is 1. The third kappa shape index (κ3) is 7.95. The first kappa shape index (κ1) is 36.0. The van der Waals surface area contributed by atoms with Crippen LogP contribution in [0.1, 0.15) is 98.6 Å². The third-order valence-corrected chi connectivity index (χ3v) is 12.8. The van der Waals surface area contributed by atoms with Crippen molar-refractivity contribution < 1.29 is 19.4 Å². The molecule has 4 aromatic rings. The lowest BCUT2D eigenvalue weighted by Crippen LogP contribution is -2.61. The predicted molar refractivity (Wildman–Crippen MR) is 209 cm³/mol. The lowest BCUT2D eigenvalue weighted by atomic mass is 9.53. The Morgan fingerprint density at radius 3 is 2.15 bits per heavy atom. The van der Waals surface area contributed by atoms with Crippen molar-refractivity contribution in [3.05, 3.63) is 131 Å². The number of aliphatic hydroxyl groups is 1. The molecule has 5 atom stereocenters. The molecule has 7 heteroatoms. The highest BCUT2D eigenvalue weighted by Crippen LogP contribution is 2.55. The fourth-order valence-corrected chi connectivity index (χ4v) is 10.2. The van der Waals surface area contributed by atoms with E-state index in [2.05, 4.69) is 127 Å². The molecule has 4 aromatic carbocycles. The first-order valence-electron chi connectivity index (χ1n) is 19.8. The second-order valence-electron chi connectivity index (χ2n) is 16.7. The van der Waals surface area contributed by atoms with Crippen LogP contribution >= 0.6 is 0 Å². The number of nitrogens with one attached hydrogen (secondary N) is 2. The molecule has 0 radical (unpaired) electrons. The molecule has 2 amide bonds. The van der Waals surface area contributed by atoms with Crippen LogP contribution < -0.4 is 10.6 Å². The zero-order valence-electron chi connectivity index (χ0n) is 31.4. The van der Waals surface area contributed by atoms with Gasteiger partial charge in [0, 0.05) is 36.2 Å². The van der Waals surface area contributed by atoms with Crippen molar-refractivity contribution in [2.24, 2.45) is 23.7 Å². The summed E-state index contributed by atoms with van der Waals surface area (Å²) in [5.74, 6) is 2.47. The molecule has 1 heterocycles. The minimum atomic E-state index is -0.558. The number of likely N-dealkylation sites (N-methyl/N-ethyl adjacent to an activating group) is 1. The Labute approximate surface area is 315 Å². The van der Waals surface area contributed by atoms with Gasteiger partial charge in [0.25, 0.3) is 0 Å². The van der Waals surface area contributed by atoms with E-state index in [1.165, 1.54) is 24.8 Å². The van der Waals surface area contributed by atoms with Gasteiger partial charge in [-0.25, -0.2) is 4.79 Å². The van der Waals surface area contributed by atoms with Crippen LogP contribution in [0.4, 0.5) is 4.79 Å². The molecular weight excluding hydrogens is 659 g/mol. The van der Waals surface area contributed by atoms with E-state index in [1.807, 2.05) is 12.1 Å². The molecule has 9 rings (SSSR count). The van der Waals surface area contributed by atoms with E-state index in [-0.39, 0.29) is 42.3 Å². The summed E-state index contributed by atoms with van der Waals surface area (Å²) in [6.45, 7) is 5.69. The predicted octanol–water partition coefficient (Wildman–Crippen LogP) is 9.10. The van der Waals surface area contributed by atoms with Crippen LogP contribution in [0.15, 0.2) is 103 Å². The second kappa shape index (κ2) is 15.4. The first-order chi connectivity index (χ1) is 25.7. The molecule has 53 heavy (non-hydrogen) atoms. The van der Waals surface area contributed by atoms with Crippen LogP contribution in [0.3, 0.4) is 0 Å². The quantitative estimate of drug-likeness (QED) is 0.145. The van der Waals surface area contributed by atoms with Gasteiger partial charge in [0.05, 0.1) is 18.8 Å². The number of carbonyl (C=O) groups excluding carboxylic acids is 1. The van der Waals surface area contributed by atoms with Crippen LogP contribution in [0.5, 0.6) is 0 Å². The maximum Gasteiger partial charge on any atom is 0.315 e. The minimum absolute atomic E-state index is 0.00136. The Morgan fingerprint density at radius 1 is 0.811 bits per heavy atom. The third-order valence-electron chi connectivity index (χ3n) is 12.8. The van der Waals surface area contributed by atoms with Gasteiger partial charge >= 0.3 is 6.03 Å². The number of rotatable bonds is 11. The van der Waals surface area contributed by atoms with Crippen LogP contribution in [-0.2, 0) is 22.6 Å². The number of ether oxygens (including phenoxy) is 2. The Morgan fingerprint density at radius 2 is 1.47 bits per heavy atom. The normalized spacial score (nSPS) is 29.6. The first-order valence-corrected chi connectivity index (χ1v) is 19.8. The lowest BCUT2D eigenvalue weighted by Gasteiger charge is -2.56. The molecule has 1 saturated heterocycles. The van der Waals surface area contributed by atoms with Crippen molar-refractivity contribution >= 4 is 6.03 Å². The van der Waals surface area contributed by atoms with Crippen molar-refractivity contribution in [2.75, 3.05) is 13.6 Å². The fourth-order valence-electron chi connectivity index (χ4n) is 10.2. The molecule has 0 aromatic heterocycles. The Kier molecular flexibility index (Phi) is 10.4. The summed E-state index contributed by atoms with van der Waals surface area (Å²) in [5.41, 5.74) is 7.42. The van der Waals surface area contributed by atoms with Crippen LogP contribution in [-0.4, -0.2) is 41.3 Å². The van der Waals surface area contributed by atoms with Crippen LogP contribution in [0.25, 0.3) is 11.1 Å². The number of amides is 2. The van der Waals surface area contributed by atoms with Gasteiger partial charge in [-0.3, -0.25) is 4.90 Å². The van der Waals surface area contributed by atoms with Gasteiger partial charge in [-0.1, -0.05) is 97.9 Å². The lowest BCUT2D eigenvalue weighted by molar-refractivity contribution is -0.276. The highest BCUT2D eigenvalue weighted by molar-refractivity contribution is 5.75. The number of aliphatic hydroxyl groups excluding tert-OH is 1. The monoisotopic (exact) mass is 713 g/mol. The molecule has 0 unspecified atom stereocenters. The molecule has 278 valence electrons. The highest BCUT2D eigenvalue weighted by atomic mass is 16.7. The summed E-state index contributed by atoms with van der Waals surface area (Å²) < 4.78 is 13.7. The SMILES string of the molecule is C[C@@H]1[C@H](CN(C)[C@@H](C)c2ccccc2)O[C@H](c2cccc(-c3cccc(CNC(=O)NC45CC6CC(CC(C6)C4)C5)c3)c2)O[C@@H]1c1ccc(CO)cc1. The molecule has 1 aliphatic heterocycles. The average Bonchev–Trinajstić information content (AvgIpc) is 3.17. The second-order valence-corrected chi connectivity index (χ2v) is 16.7. The molecule has 5 fully saturated rings. The van der Waals surface area contributed by atoms with E-state index >= 15 is 0 Å². The summed E-state index contributed by atoms with van der Waals surface area (Å²) in [5, 5.41) is 16.3. The fraction of sp³-hybridized carbons (Fsp3) is 0.457. The van der Waals surface area contributed by atoms with Crippen LogP contribution in [0.2, 0.25) is 0 Å². The van der Waals surface area contributed by atoms with Gasteiger partial charge in [0.15, 0.2) is 6.29 Å². The van der Waals surface area contributed by atoms with Gasteiger partial charge in [-0.05, 0) is 116 Å². The summed E-state index contributed by atoms with van der Waals surface area (Å²) in [4.78, 5) is 15.6. The molecule has 4 bridgehead atoms. The zero-order chi connectivity index (χ0) is 36.5. The maximum atomic E-state index is 13.2. The maximum absolute atomic E-state index is 13.2. The van der Waals surface area contributed by atoms with E-state index in [1.54, 1.807) is 0 Å². The standard InChI is InChI=1S/C46H55N3O4/c1-30-42(28-49(3)31(2)37-10-5-4-6-11-37)52-44(53-43(30)38-17-15-32(29-50)16-18-38)41-14-8-13-40(23-41)39-12-7-9-33(22-39)27-47-45(51)48-46-24-34-19-35(25-46)21-36(20-34)26-46/h4-18,22-23,30-31,34-36,42-44,50H,19-21,24-29H2,1-3H3,(H2,47,48,51)/t30-,31+,34?,35?,36?,42+,43+,44+,46?/m1/s1. The van der Waals surface area contributed by atoms with Crippen molar-refractivity contribution in [1.29, 1.82) is 0 Å². The van der Waals surface area contributed by atoms with E-state index in [0.717, 1.165) is 76.9 Å². The molecule has 7 nitrogen and oxygen atoms in total. The summed E-state index contributed by atoms with van der Waals surface area (Å²) in [6.07, 6.45) is 6.69. The highest BCUT2D eigenvalue weighted by Gasteiger charge is 2.51. The molecular formula is C46H55N3O4. The Hall–Kier alpha value is -4.01. The molecule has 4 aliphatic carbocycles. The smallest absolute Gasteiger partial charge is 0.315 e. The van der Waals surface area contributed by atoms with E-state index < -0.39 is 6.29 Å².